The summed E-state index contributed by atoms with van der Waals surface area (Å²) in [5, 5.41) is 11.4. The lowest BCUT2D eigenvalue weighted by molar-refractivity contribution is -0.815. The fourth-order valence-electron chi connectivity index (χ4n) is 7.72. The SMILES string of the molecule is [B][N+]12CC(CC1/C=C/c1cccs1)/C2=C(\C=C\NCCOc1c(OC)cc(CC2=NC(C)(N)N(C)C2N)cc1OC)C1=CCC(/C=C/c2cccs2)N1. The largest absolute Gasteiger partial charge is 0.493 e. The number of benzene rings is 1. The molecule has 2 radical (unpaired) electrons. The molecule has 8 rings (SSSR count). The minimum absolute atomic E-state index is 0.229. The fourth-order valence-corrected chi connectivity index (χ4v) is 8.98. The van der Waals surface area contributed by atoms with E-state index in [1.54, 1.807) is 36.9 Å². The van der Waals surface area contributed by atoms with Gasteiger partial charge in [0.2, 0.25) is 5.75 Å². The first-order chi connectivity index (χ1) is 25.6. The summed E-state index contributed by atoms with van der Waals surface area (Å²) in [6.07, 6.45) is 17.6. The van der Waals surface area contributed by atoms with Crippen LogP contribution < -0.4 is 36.3 Å². The van der Waals surface area contributed by atoms with Crippen LogP contribution in [-0.2, 0) is 6.42 Å². The zero-order chi connectivity index (χ0) is 37.2. The van der Waals surface area contributed by atoms with Crippen LogP contribution in [0.3, 0.4) is 0 Å². The lowest BCUT2D eigenvalue weighted by Gasteiger charge is -2.45. The van der Waals surface area contributed by atoms with E-state index < -0.39 is 5.79 Å². The van der Waals surface area contributed by atoms with E-state index in [0.29, 0.717) is 47.1 Å². The number of methoxy groups -OCH3 is 2. The number of allylic oxidation sites excluding steroid dienone is 1. The van der Waals surface area contributed by atoms with E-state index in [0.717, 1.165) is 36.4 Å². The highest BCUT2D eigenvalue weighted by Gasteiger charge is 2.60. The third-order valence-electron chi connectivity index (χ3n) is 10.6. The summed E-state index contributed by atoms with van der Waals surface area (Å²) in [4.78, 5) is 9.00. The lowest BCUT2D eigenvalue weighted by atomic mass is 9.87. The van der Waals surface area contributed by atoms with Gasteiger partial charge in [0.25, 0.3) is 0 Å². The van der Waals surface area contributed by atoms with Gasteiger partial charge in [-0.15, -0.1) is 22.7 Å². The zero-order valence-electron chi connectivity index (χ0n) is 30.8. The molecule has 10 nitrogen and oxygen atoms in total. The molecule has 2 aromatic heterocycles. The molecule has 276 valence electrons. The molecule has 6 unspecified atom stereocenters. The zero-order valence-corrected chi connectivity index (χ0v) is 32.5. The molecule has 0 saturated carbocycles. The molecule has 0 spiro atoms. The number of rotatable bonds is 15. The number of quaternary nitrogens is 1. The summed E-state index contributed by atoms with van der Waals surface area (Å²) in [7, 11) is 12.3. The Morgan fingerprint density at radius 1 is 1.13 bits per heavy atom. The molecule has 7 heterocycles. The van der Waals surface area contributed by atoms with Crippen molar-refractivity contribution in [1.82, 2.24) is 15.5 Å². The Bertz CT molecular complexity index is 1930. The molecule has 3 aromatic rings. The summed E-state index contributed by atoms with van der Waals surface area (Å²) < 4.78 is 18.2. The van der Waals surface area contributed by atoms with Crippen LogP contribution in [-0.4, -0.2) is 88.0 Å². The number of nitrogens with two attached hydrogens (primary N) is 2. The molecule has 0 amide bonds. The van der Waals surface area contributed by atoms with E-state index in [2.05, 4.69) is 87.1 Å². The van der Waals surface area contributed by atoms with Gasteiger partial charge >= 0.3 is 7.98 Å². The Balaban J connectivity index is 1.03. The molecule has 3 saturated heterocycles. The number of thiophene rings is 2. The van der Waals surface area contributed by atoms with Crippen molar-refractivity contribution in [3.63, 3.8) is 0 Å². The van der Waals surface area contributed by atoms with Gasteiger partial charge in [-0.1, -0.05) is 24.3 Å². The second-order valence-corrected chi connectivity index (χ2v) is 16.1. The van der Waals surface area contributed by atoms with Crippen LogP contribution in [0.5, 0.6) is 17.2 Å². The molecule has 0 aliphatic carbocycles. The maximum atomic E-state index is 7.20. The van der Waals surface area contributed by atoms with Gasteiger partial charge < -0.3 is 35.0 Å². The molecule has 5 aliphatic rings. The molecule has 13 heteroatoms. The summed E-state index contributed by atoms with van der Waals surface area (Å²) in [6.45, 7) is 3.75. The lowest BCUT2D eigenvalue weighted by Crippen LogP contribution is -2.56. The number of nitrogens with zero attached hydrogens (tertiary/aromatic N) is 3. The second kappa shape index (κ2) is 15.7. The van der Waals surface area contributed by atoms with Crippen molar-refractivity contribution < 1.29 is 18.6 Å². The maximum Gasteiger partial charge on any atom is 0.487 e. The smallest absolute Gasteiger partial charge is 0.487 e. The average molecular weight is 751 g/mol. The van der Waals surface area contributed by atoms with E-state index in [1.165, 1.54) is 21.0 Å². The molecule has 5 aliphatic heterocycles. The first-order valence-corrected chi connectivity index (χ1v) is 19.8. The van der Waals surface area contributed by atoms with E-state index in [4.69, 9.17) is 33.7 Å². The van der Waals surface area contributed by atoms with Crippen molar-refractivity contribution in [2.45, 2.75) is 50.2 Å². The summed E-state index contributed by atoms with van der Waals surface area (Å²) in [5.74, 6) is 1.31. The Kier molecular flexibility index (Phi) is 11.0. The van der Waals surface area contributed by atoms with Gasteiger partial charge in [-0.3, -0.25) is 10.7 Å². The van der Waals surface area contributed by atoms with Crippen LogP contribution in [0.4, 0.5) is 0 Å². The monoisotopic (exact) mass is 750 g/mol. The van der Waals surface area contributed by atoms with E-state index in [9.17, 15) is 0 Å². The number of hydrogen-bond donors (Lipinski definition) is 4. The van der Waals surface area contributed by atoms with Gasteiger partial charge in [0, 0.05) is 40.9 Å². The molecular weight excluding hydrogens is 701 g/mol. The van der Waals surface area contributed by atoms with E-state index in [-0.39, 0.29) is 18.2 Å². The Morgan fingerprint density at radius 3 is 2.45 bits per heavy atom. The standard InChI is InChI=1S/C40H49BN7O3S2/c1-40(43)46-34(39(42)47(40)2)21-26-22-35(49-3)38(36(23-26)50-4)51-18-17-44-16-15-32(33-14-10-28(45-33)9-12-30-7-5-19-52-30)37-27-24-29(48(37,41)25-27)11-13-31-8-6-20-53-31/h5-9,11-16,19-20,22-23,27-29,39,44-45H,10,17-18,21,24-25,42-43H2,1-4H3/q+1/b12-9+,13-11+,16-15+,37-32-. The van der Waals surface area contributed by atoms with Gasteiger partial charge in [-0.05, 0) is 91.5 Å². The summed E-state index contributed by atoms with van der Waals surface area (Å²) in [6, 6.07) is 12.8. The molecule has 1 aromatic carbocycles. The van der Waals surface area contributed by atoms with Crippen LogP contribution in [0.2, 0.25) is 0 Å². The van der Waals surface area contributed by atoms with E-state index >= 15 is 0 Å². The Morgan fingerprint density at radius 2 is 1.83 bits per heavy atom. The van der Waals surface area contributed by atoms with Crippen molar-refractivity contribution >= 4 is 48.5 Å². The maximum absolute atomic E-state index is 7.20. The van der Waals surface area contributed by atoms with Gasteiger partial charge in [-0.2, -0.15) is 0 Å². The van der Waals surface area contributed by atoms with Crippen molar-refractivity contribution in [3.05, 3.63) is 110 Å². The topological polar surface area (TPSA) is 119 Å². The Hall–Kier alpha value is -4.11. The minimum atomic E-state index is -0.842. The van der Waals surface area contributed by atoms with Crippen LogP contribution >= 0.6 is 22.7 Å². The van der Waals surface area contributed by atoms with Gasteiger partial charge in [0.05, 0.1) is 50.2 Å². The van der Waals surface area contributed by atoms with Crippen molar-refractivity contribution in [3.8, 4) is 17.2 Å². The summed E-state index contributed by atoms with van der Waals surface area (Å²) in [5.41, 5.74) is 18.0. The average Bonchev–Trinajstić information content (AvgIpc) is 4.00. The summed E-state index contributed by atoms with van der Waals surface area (Å²) >= 11 is 3.50. The first kappa shape index (κ1) is 37.2. The number of aliphatic imine (C=N–C) groups is 1. The second-order valence-electron chi connectivity index (χ2n) is 14.2. The number of hydrogen-bond acceptors (Lipinski definition) is 11. The van der Waals surface area contributed by atoms with Crippen molar-refractivity contribution in [2.24, 2.45) is 22.4 Å². The van der Waals surface area contributed by atoms with Crippen molar-refractivity contribution in [1.29, 1.82) is 0 Å². The normalized spacial score (nSPS) is 29.1. The number of fused-ring (bicyclic) bond motifs is 1. The fraction of sp³-hybridized carbons (Fsp3) is 0.375. The van der Waals surface area contributed by atoms with Gasteiger partial charge in [0.1, 0.15) is 12.3 Å². The van der Waals surface area contributed by atoms with Gasteiger partial charge in [0.15, 0.2) is 17.3 Å². The highest BCUT2D eigenvalue weighted by atomic mass is 32.1. The first-order valence-electron chi connectivity index (χ1n) is 18.0. The van der Waals surface area contributed by atoms with E-state index in [1.807, 2.05) is 37.2 Å². The van der Waals surface area contributed by atoms with Crippen LogP contribution in [0.25, 0.3) is 12.2 Å². The predicted molar refractivity (Wildman–Crippen MR) is 218 cm³/mol. The highest BCUT2D eigenvalue weighted by Crippen LogP contribution is 2.53. The number of ether oxygens (including phenoxy) is 3. The van der Waals surface area contributed by atoms with Crippen LogP contribution in [0.15, 0.2) is 99.6 Å². The van der Waals surface area contributed by atoms with Crippen molar-refractivity contribution in [2.75, 3.05) is 41.0 Å². The third-order valence-corrected chi connectivity index (χ3v) is 12.3. The number of nitrogens with one attached hydrogen (secondary N) is 2. The molecule has 6 atom stereocenters. The molecule has 6 N–H and O–H groups in total. The van der Waals surface area contributed by atoms with Crippen LogP contribution in [0.1, 0.15) is 35.1 Å². The highest BCUT2D eigenvalue weighted by molar-refractivity contribution is 7.11. The predicted octanol–water partition coefficient (Wildman–Crippen LogP) is 5.38. The molecule has 3 fully saturated rings. The van der Waals surface area contributed by atoms with Gasteiger partial charge in [-0.25, -0.2) is 4.90 Å². The third kappa shape index (κ3) is 7.78. The molecule has 53 heavy (non-hydrogen) atoms. The quantitative estimate of drug-likeness (QED) is 0.121. The Labute approximate surface area is 322 Å². The molecule has 2 bridgehead atoms. The van der Waals surface area contributed by atoms with Crippen LogP contribution in [0, 0.1) is 5.92 Å². The molecular formula is C40H49BN7O3S2+. The minimum Gasteiger partial charge on any atom is -0.493 e.